The fraction of sp³-hybridized carbons (Fsp3) is 0.250. The first-order chi connectivity index (χ1) is 13.6. The first kappa shape index (κ1) is 20.5. The molecule has 0 aliphatic heterocycles. The molecular weight excluding hydrogens is 408 g/mol. The lowest BCUT2D eigenvalue weighted by Gasteiger charge is -2.20. The van der Waals surface area contributed by atoms with Crippen molar-refractivity contribution in [2.45, 2.75) is 18.6 Å². The van der Waals surface area contributed by atoms with E-state index < -0.39 is 31.1 Å². The van der Waals surface area contributed by atoms with Gasteiger partial charge in [-0.25, -0.2) is 9.97 Å². The first-order valence-corrected chi connectivity index (χ1v) is 7.87. The van der Waals surface area contributed by atoms with E-state index >= 15 is 0 Å². The summed E-state index contributed by atoms with van der Waals surface area (Å²) in [6, 6.07) is 7.20. The summed E-state index contributed by atoms with van der Waals surface area (Å²) in [5, 5.41) is 5.88. The molecule has 3 aromatic rings. The summed E-state index contributed by atoms with van der Waals surface area (Å²) in [5.74, 6) is -1.99. The molecule has 1 aromatic carbocycles. The van der Waals surface area contributed by atoms with Crippen LogP contribution >= 0.6 is 0 Å². The molecule has 29 heavy (non-hydrogen) atoms. The molecule has 2 heterocycles. The average molecular weight is 419 g/mol. The maximum absolute atomic E-state index is 12.5. The highest BCUT2D eigenvalue weighted by molar-refractivity contribution is 5.52. The van der Waals surface area contributed by atoms with E-state index in [9.17, 15) is 26.3 Å². The Balaban J connectivity index is 1.75. The van der Waals surface area contributed by atoms with Crippen LogP contribution in [0.3, 0.4) is 0 Å². The Morgan fingerprint density at radius 3 is 2.21 bits per heavy atom. The number of hydrogen-bond donors (Lipinski definition) is 1. The van der Waals surface area contributed by atoms with Crippen molar-refractivity contribution in [1.82, 2.24) is 20.1 Å². The highest BCUT2D eigenvalue weighted by atomic mass is 19.4. The molecule has 2 aromatic heterocycles. The van der Waals surface area contributed by atoms with Crippen LogP contribution in [0.2, 0.25) is 0 Å². The van der Waals surface area contributed by atoms with Crippen molar-refractivity contribution in [2.24, 2.45) is 0 Å². The number of nitrogens with one attached hydrogen (secondary N) is 1. The maximum atomic E-state index is 12.5. The summed E-state index contributed by atoms with van der Waals surface area (Å²) >= 11 is 0. The first-order valence-electron chi connectivity index (χ1n) is 7.87. The van der Waals surface area contributed by atoms with Gasteiger partial charge in [0.2, 0.25) is 11.8 Å². The number of rotatable bonds is 6. The topological polar surface area (TPSA) is 86.0 Å². The van der Waals surface area contributed by atoms with Gasteiger partial charge in [-0.05, 0) is 5.56 Å². The largest absolute Gasteiger partial charge is 0.522 e. The predicted octanol–water partition coefficient (Wildman–Crippen LogP) is 4.24. The van der Waals surface area contributed by atoms with E-state index in [4.69, 9.17) is 0 Å². The fourth-order valence-corrected chi connectivity index (χ4v) is 2.21. The number of ether oxygens (including phenoxy) is 1. The number of aromatic nitrogens is 4. The third-order valence-corrected chi connectivity index (χ3v) is 3.50. The maximum Gasteiger partial charge on any atom is 0.522 e. The second kappa shape index (κ2) is 8.03. The zero-order valence-corrected chi connectivity index (χ0v) is 14.2. The normalized spacial score (nSPS) is 13.3. The van der Waals surface area contributed by atoms with Crippen molar-refractivity contribution >= 4 is 5.95 Å². The zero-order chi connectivity index (χ0) is 21.1. The van der Waals surface area contributed by atoms with Gasteiger partial charge in [0.1, 0.15) is 0 Å². The molecule has 1 unspecified atom stereocenters. The number of halogens is 6. The molecule has 0 radical (unpaired) electrons. The molecule has 0 saturated carbocycles. The third-order valence-electron chi connectivity index (χ3n) is 3.50. The van der Waals surface area contributed by atoms with Crippen LogP contribution in [0.15, 0.2) is 47.2 Å². The van der Waals surface area contributed by atoms with Crippen LogP contribution in [-0.2, 0) is 10.9 Å². The molecule has 0 saturated heterocycles. The van der Waals surface area contributed by atoms with Gasteiger partial charge in [-0.15, -0.1) is 13.2 Å². The molecule has 1 atom stereocenters. The lowest BCUT2D eigenvalue weighted by atomic mass is 10.1. The smallest absolute Gasteiger partial charge is 0.345 e. The van der Waals surface area contributed by atoms with Crippen molar-refractivity contribution in [3.05, 3.63) is 54.2 Å². The molecule has 154 valence electrons. The molecule has 0 spiro atoms. The molecule has 0 aliphatic carbocycles. The van der Waals surface area contributed by atoms with Crippen LogP contribution < -0.4 is 5.32 Å². The van der Waals surface area contributed by atoms with E-state index in [1.807, 2.05) is 0 Å². The number of hydrogen-bond acceptors (Lipinski definition) is 7. The van der Waals surface area contributed by atoms with Crippen LogP contribution in [0.5, 0.6) is 0 Å². The summed E-state index contributed by atoms with van der Waals surface area (Å²) < 4.78 is 82.8. The predicted molar refractivity (Wildman–Crippen MR) is 85.1 cm³/mol. The van der Waals surface area contributed by atoms with Crippen LogP contribution in [-0.4, -0.2) is 33.1 Å². The highest BCUT2D eigenvalue weighted by Crippen LogP contribution is 2.29. The Morgan fingerprint density at radius 1 is 1.00 bits per heavy atom. The second-order valence-electron chi connectivity index (χ2n) is 5.58. The Morgan fingerprint density at radius 2 is 1.66 bits per heavy atom. The summed E-state index contributed by atoms with van der Waals surface area (Å²) in [5.41, 5.74) is 0.509. The van der Waals surface area contributed by atoms with Crippen molar-refractivity contribution in [3.8, 4) is 11.4 Å². The van der Waals surface area contributed by atoms with Crippen LogP contribution in [0.1, 0.15) is 17.5 Å². The molecule has 0 amide bonds. The van der Waals surface area contributed by atoms with Crippen molar-refractivity contribution in [3.63, 3.8) is 0 Å². The van der Waals surface area contributed by atoms with Crippen LogP contribution in [0.4, 0.5) is 32.3 Å². The number of anilines is 1. The summed E-state index contributed by atoms with van der Waals surface area (Å²) in [4.78, 5) is 10.9. The van der Waals surface area contributed by atoms with Gasteiger partial charge < -0.3 is 9.84 Å². The van der Waals surface area contributed by atoms with E-state index in [2.05, 4.69) is 34.7 Å². The highest BCUT2D eigenvalue weighted by Gasteiger charge is 2.38. The molecular formula is C16H11F6N5O2. The van der Waals surface area contributed by atoms with E-state index in [0.29, 0.717) is 5.56 Å². The molecule has 3 rings (SSSR count). The van der Waals surface area contributed by atoms with Gasteiger partial charge in [0.25, 0.3) is 0 Å². The summed E-state index contributed by atoms with van der Waals surface area (Å²) in [6.07, 6.45) is -7.41. The monoisotopic (exact) mass is 419 g/mol. The molecule has 1 N–H and O–H groups in total. The Kier molecular flexibility index (Phi) is 5.68. The minimum absolute atomic E-state index is 0.0256. The summed E-state index contributed by atoms with van der Waals surface area (Å²) in [7, 11) is 0. The number of alkyl halides is 6. The van der Waals surface area contributed by atoms with E-state index in [0.717, 1.165) is 12.4 Å². The molecule has 7 nitrogen and oxygen atoms in total. The SMILES string of the molecule is FC(F)(F)OCC(Nc1ncc(-c2noc(C(F)(F)F)n2)cn1)c1ccccc1. The average Bonchev–Trinajstić information content (AvgIpc) is 3.16. The van der Waals surface area contributed by atoms with Gasteiger partial charge in [-0.1, -0.05) is 35.5 Å². The van der Waals surface area contributed by atoms with E-state index in [1.54, 1.807) is 30.3 Å². The second-order valence-corrected chi connectivity index (χ2v) is 5.58. The standard InChI is InChI=1S/C16H11F6N5O2/c17-15(18,19)13-26-12(27-29-13)10-6-23-14(24-7-10)25-11(8-28-16(20,21)22)9-4-2-1-3-5-9/h1-7,11H,8H2,(H,23,24,25). The van der Waals surface area contributed by atoms with Gasteiger partial charge in [0.05, 0.1) is 18.2 Å². The van der Waals surface area contributed by atoms with Gasteiger partial charge in [0, 0.05) is 12.4 Å². The molecule has 13 heteroatoms. The van der Waals surface area contributed by atoms with Crippen molar-refractivity contribution < 1.29 is 35.6 Å². The van der Waals surface area contributed by atoms with Gasteiger partial charge in [-0.3, -0.25) is 4.74 Å². The number of nitrogens with zero attached hydrogens (tertiary/aromatic N) is 4. The number of benzene rings is 1. The molecule has 0 aliphatic rings. The Labute approximate surface area is 158 Å². The summed E-state index contributed by atoms with van der Waals surface area (Å²) in [6.45, 7) is -0.752. The van der Waals surface area contributed by atoms with Crippen LogP contribution in [0, 0.1) is 0 Å². The fourth-order valence-electron chi connectivity index (χ4n) is 2.21. The van der Waals surface area contributed by atoms with E-state index in [1.165, 1.54) is 0 Å². The van der Waals surface area contributed by atoms with Gasteiger partial charge >= 0.3 is 18.4 Å². The third kappa shape index (κ3) is 5.63. The lowest BCUT2D eigenvalue weighted by molar-refractivity contribution is -0.325. The van der Waals surface area contributed by atoms with Gasteiger partial charge in [0.15, 0.2) is 0 Å². The van der Waals surface area contributed by atoms with Gasteiger partial charge in [-0.2, -0.15) is 18.2 Å². The molecule has 0 bridgehead atoms. The minimum atomic E-state index is -4.83. The zero-order valence-electron chi connectivity index (χ0n) is 14.2. The van der Waals surface area contributed by atoms with E-state index in [-0.39, 0.29) is 17.3 Å². The Bertz CT molecular complexity index is 927. The molecule has 0 fully saturated rings. The minimum Gasteiger partial charge on any atom is -0.345 e. The van der Waals surface area contributed by atoms with Crippen LogP contribution in [0.25, 0.3) is 11.4 Å². The lowest BCUT2D eigenvalue weighted by Crippen LogP contribution is -2.24. The quantitative estimate of drug-likeness (QED) is 0.599. The van der Waals surface area contributed by atoms with Crippen molar-refractivity contribution in [1.29, 1.82) is 0 Å². The van der Waals surface area contributed by atoms with Crippen molar-refractivity contribution in [2.75, 3.05) is 11.9 Å². The Hall–Kier alpha value is -3.22.